The third-order valence-corrected chi connectivity index (χ3v) is 2.48. The normalized spacial score (nSPS) is 13.1. The molecular weight excluding hydrogens is 212 g/mol. The molecule has 0 amide bonds. The monoisotopic (exact) mass is 238 g/mol. The molecule has 17 heavy (non-hydrogen) atoms. The molecule has 0 aromatic carbocycles. The van der Waals surface area contributed by atoms with Gasteiger partial charge in [0, 0.05) is 24.8 Å². The summed E-state index contributed by atoms with van der Waals surface area (Å²) in [5.74, 6) is 0. The highest BCUT2D eigenvalue weighted by molar-refractivity contribution is 4.93. The maximum absolute atomic E-state index is 4.17. The van der Waals surface area contributed by atoms with Crippen molar-refractivity contribution in [2.45, 2.75) is 66.6 Å². The molecule has 1 aromatic rings. The van der Waals surface area contributed by atoms with E-state index >= 15 is 0 Å². The summed E-state index contributed by atoms with van der Waals surface area (Å²) in [6, 6.07) is 0. The first kappa shape index (κ1) is 14.2. The lowest BCUT2D eigenvalue weighted by atomic mass is 9.92. The lowest BCUT2D eigenvalue weighted by Gasteiger charge is -2.19. The summed E-state index contributed by atoms with van der Waals surface area (Å²) < 4.78 is 1.94. The Morgan fingerprint density at radius 1 is 1.18 bits per heavy atom. The van der Waals surface area contributed by atoms with Crippen LogP contribution in [0, 0.1) is 5.41 Å². The van der Waals surface area contributed by atoms with Gasteiger partial charge in [0.1, 0.15) is 0 Å². The van der Waals surface area contributed by atoms with Crippen LogP contribution in [0.4, 0.5) is 0 Å². The molecule has 0 aliphatic rings. The van der Waals surface area contributed by atoms with E-state index in [0.29, 0.717) is 5.41 Å². The Morgan fingerprint density at radius 2 is 1.82 bits per heavy atom. The van der Waals surface area contributed by atoms with Crippen molar-refractivity contribution >= 4 is 0 Å². The first-order valence-electron chi connectivity index (χ1n) is 6.30. The van der Waals surface area contributed by atoms with Crippen LogP contribution in [0.15, 0.2) is 6.20 Å². The zero-order chi connectivity index (χ0) is 13.1. The molecule has 0 atom stereocenters. The van der Waals surface area contributed by atoms with E-state index in [9.17, 15) is 0 Å². The van der Waals surface area contributed by atoms with Crippen LogP contribution in [0.3, 0.4) is 0 Å². The van der Waals surface area contributed by atoms with Crippen molar-refractivity contribution in [1.82, 2.24) is 20.3 Å². The lowest BCUT2D eigenvalue weighted by Crippen LogP contribution is -2.35. The van der Waals surface area contributed by atoms with E-state index in [1.54, 1.807) is 0 Å². The molecule has 0 spiro atoms. The van der Waals surface area contributed by atoms with E-state index in [1.165, 1.54) is 0 Å². The van der Waals surface area contributed by atoms with E-state index in [-0.39, 0.29) is 5.54 Å². The van der Waals surface area contributed by atoms with Crippen LogP contribution < -0.4 is 5.32 Å². The number of nitrogens with one attached hydrogen (secondary N) is 1. The van der Waals surface area contributed by atoms with Crippen LogP contribution in [-0.4, -0.2) is 20.5 Å². The Bertz CT molecular complexity index is 309. The van der Waals surface area contributed by atoms with Crippen molar-refractivity contribution in [2.24, 2.45) is 5.41 Å². The van der Waals surface area contributed by atoms with Gasteiger partial charge in [-0.2, -0.15) is 0 Å². The quantitative estimate of drug-likeness (QED) is 0.876. The molecule has 1 heterocycles. The van der Waals surface area contributed by atoms with Crippen LogP contribution in [-0.2, 0) is 13.1 Å². The molecule has 4 nitrogen and oxygen atoms in total. The highest BCUT2D eigenvalue weighted by Gasteiger charge is 2.12. The van der Waals surface area contributed by atoms with Gasteiger partial charge in [-0.25, -0.2) is 0 Å². The average molecular weight is 238 g/mol. The predicted molar refractivity (Wildman–Crippen MR) is 70.7 cm³/mol. The standard InChI is InChI=1S/C13H26N4/c1-12(2,3)7-8-17-10-11(15-16-17)9-14-13(4,5)6/h10,14H,7-9H2,1-6H3. The average Bonchev–Trinajstić information content (AvgIpc) is 2.57. The molecular formula is C13H26N4. The van der Waals surface area contributed by atoms with Gasteiger partial charge >= 0.3 is 0 Å². The summed E-state index contributed by atoms with van der Waals surface area (Å²) in [5.41, 5.74) is 1.47. The van der Waals surface area contributed by atoms with Crippen LogP contribution >= 0.6 is 0 Å². The molecule has 1 rings (SSSR count). The minimum atomic E-state index is 0.120. The second-order valence-corrected chi connectivity index (χ2v) is 6.89. The Labute approximate surface area is 105 Å². The number of aryl methyl sites for hydroxylation is 1. The van der Waals surface area contributed by atoms with Gasteiger partial charge in [0.15, 0.2) is 0 Å². The highest BCUT2D eigenvalue weighted by atomic mass is 15.4. The van der Waals surface area contributed by atoms with Gasteiger partial charge in [-0.1, -0.05) is 26.0 Å². The predicted octanol–water partition coefficient (Wildman–Crippen LogP) is 2.60. The molecule has 0 aliphatic heterocycles. The molecule has 0 aliphatic carbocycles. The van der Waals surface area contributed by atoms with Crippen LogP contribution in [0.2, 0.25) is 0 Å². The lowest BCUT2D eigenvalue weighted by molar-refractivity contribution is 0.339. The molecule has 98 valence electrons. The fourth-order valence-electron chi connectivity index (χ4n) is 1.33. The third kappa shape index (κ3) is 6.41. The summed E-state index contributed by atoms with van der Waals surface area (Å²) in [5, 5.41) is 11.7. The largest absolute Gasteiger partial charge is 0.306 e. The number of aromatic nitrogens is 3. The third-order valence-electron chi connectivity index (χ3n) is 2.48. The topological polar surface area (TPSA) is 42.7 Å². The maximum atomic E-state index is 4.17. The summed E-state index contributed by atoms with van der Waals surface area (Å²) in [4.78, 5) is 0. The summed E-state index contributed by atoms with van der Waals surface area (Å²) >= 11 is 0. The summed E-state index contributed by atoms with van der Waals surface area (Å²) in [6.07, 6.45) is 3.15. The minimum Gasteiger partial charge on any atom is -0.306 e. The SMILES string of the molecule is CC(C)(C)CCn1cc(CNC(C)(C)C)nn1. The molecule has 1 aromatic heterocycles. The number of nitrogens with zero attached hydrogens (tertiary/aromatic N) is 3. The molecule has 4 heteroatoms. The van der Waals surface area contributed by atoms with Gasteiger partial charge in [0.25, 0.3) is 0 Å². The van der Waals surface area contributed by atoms with E-state index in [4.69, 9.17) is 0 Å². The van der Waals surface area contributed by atoms with Crippen molar-refractivity contribution in [2.75, 3.05) is 0 Å². The molecule has 0 unspecified atom stereocenters. The maximum Gasteiger partial charge on any atom is 0.0965 e. The van der Waals surface area contributed by atoms with Crippen LogP contribution in [0.5, 0.6) is 0 Å². The zero-order valence-corrected chi connectivity index (χ0v) is 12.0. The van der Waals surface area contributed by atoms with Crippen molar-refractivity contribution in [3.63, 3.8) is 0 Å². The second kappa shape index (κ2) is 5.17. The van der Waals surface area contributed by atoms with Gasteiger partial charge < -0.3 is 5.32 Å². The van der Waals surface area contributed by atoms with Gasteiger partial charge in [-0.3, -0.25) is 4.68 Å². The number of hydrogen-bond acceptors (Lipinski definition) is 3. The van der Waals surface area contributed by atoms with Gasteiger partial charge in [-0.15, -0.1) is 5.10 Å². The molecule has 0 radical (unpaired) electrons. The first-order chi connectivity index (χ1) is 7.66. The van der Waals surface area contributed by atoms with Gasteiger partial charge in [0.2, 0.25) is 0 Å². The minimum absolute atomic E-state index is 0.120. The van der Waals surface area contributed by atoms with E-state index in [1.807, 2.05) is 10.9 Å². The van der Waals surface area contributed by atoms with E-state index in [2.05, 4.69) is 57.2 Å². The Kier molecular flexibility index (Phi) is 4.31. The Morgan fingerprint density at radius 3 is 2.35 bits per heavy atom. The molecule has 1 N–H and O–H groups in total. The first-order valence-corrected chi connectivity index (χ1v) is 6.30. The zero-order valence-electron chi connectivity index (χ0n) is 12.0. The van der Waals surface area contributed by atoms with Crippen LogP contribution in [0.1, 0.15) is 53.7 Å². The highest BCUT2D eigenvalue weighted by Crippen LogP contribution is 2.18. The Balaban J connectivity index is 2.43. The van der Waals surface area contributed by atoms with Gasteiger partial charge in [-0.05, 0) is 32.6 Å². The van der Waals surface area contributed by atoms with Crippen LogP contribution in [0.25, 0.3) is 0 Å². The van der Waals surface area contributed by atoms with E-state index < -0.39 is 0 Å². The van der Waals surface area contributed by atoms with Crippen molar-refractivity contribution in [3.8, 4) is 0 Å². The fourth-order valence-corrected chi connectivity index (χ4v) is 1.33. The fraction of sp³-hybridized carbons (Fsp3) is 0.846. The molecule has 0 bridgehead atoms. The smallest absolute Gasteiger partial charge is 0.0965 e. The number of rotatable bonds is 4. The number of hydrogen-bond donors (Lipinski definition) is 1. The Hall–Kier alpha value is -0.900. The molecule has 0 fully saturated rings. The van der Waals surface area contributed by atoms with E-state index in [0.717, 1.165) is 25.2 Å². The van der Waals surface area contributed by atoms with Crippen molar-refractivity contribution < 1.29 is 0 Å². The van der Waals surface area contributed by atoms with Crippen molar-refractivity contribution in [3.05, 3.63) is 11.9 Å². The summed E-state index contributed by atoms with van der Waals surface area (Å²) in [6.45, 7) is 14.9. The summed E-state index contributed by atoms with van der Waals surface area (Å²) in [7, 11) is 0. The molecule has 0 saturated heterocycles. The van der Waals surface area contributed by atoms with Gasteiger partial charge in [0.05, 0.1) is 5.69 Å². The van der Waals surface area contributed by atoms with Crippen molar-refractivity contribution in [1.29, 1.82) is 0 Å². The molecule has 0 saturated carbocycles. The second-order valence-electron chi connectivity index (χ2n) is 6.89.